The van der Waals surface area contributed by atoms with Crippen molar-refractivity contribution in [1.82, 2.24) is 14.9 Å². The van der Waals surface area contributed by atoms with Crippen molar-refractivity contribution in [3.05, 3.63) is 29.3 Å². The van der Waals surface area contributed by atoms with Gasteiger partial charge in [0.15, 0.2) is 5.82 Å². The number of pyridine rings is 1. The highest BCUT2D eigenvalue weighted by Gasteiger charge is 2.33. The number of rotatable bonds is 0. The molecule has 4 nitrogen and oxygen atoms in total. The van der Waals surface area contributed by atoms with Crippen molar-refractivity contribution in [2.45, 2.75) is 12.7 Å². The monoisotopic (exact) mass is 273 g/mol. The van der Waals surface area contributed by atoms with Crippen LogP contribution in [0.3, 0.4) is 0 Å². The van der Waals surface area contributed by atoms with Crippen LogP contribution in [0.2, 0.25) is 0 Å². The van der Waals surface area contributed by atoms with E-state index in [-0.39, 0.29) is 29.8 Å². The highest BCUT2D eigenvalue weighted by Crippen LogP contribution is 2.33. The maximum atomic E-state index is 14.0. The maximum absolute atomic E-state index is 14.0. The molecule has 3 rings (SSSR count). The molecule has 2 aromatic heterocycles. The molecule has 0 bridgehead atoms. The van der Waals surface area contributed by atoms with Gasteiger partial charge in [0.2, 0.25) is 0 Å². The first kappa shape index (κ1) is 11.9. The number of amides is 1. The van der Waals surface area contributed by atoms with Gasteiger partial charge in [-0.15, -0.1) is 0 Å². The van der Waals surface area contributed by atoms with Crippen molar-refractivity contribution in [2.24, 2.45) is 0 Å². The van der Waals surface area contributed by atoms with Gasteiger partial charge in [0, 0.05) is 19.3 Å². The largest absolute Gasteiger partial charge is 0.417 e. The zero-order chi connectivity index (χ0) is 13.8. The van der Waals surface area contributed by atoms with Crippen molar-refractivity contribution in [3.63, 3.8) is 0 Å². The van der Waals surface area contributed by atoms with Crippen LogP contribution in [0.25, 0.3) is 11.0 Å². The Kier molecular flexibility index (Phi) is 2.32. The Bertz CT molecular complexity index is 689. The van der Waals surface area contributed by atoms with E-state index in [1.165, 1.54) is 4.57 Å². The van der Waals surface area contributed by atoms with Crippen molar-refractivity contribution in [1.29, 1.82) is 0 Å². The highest BCUT2D eigenvalue weighted by atomic mass is 19.4. The number of nitrogens with one attached hydrogen (secondary N) is 1. The molecule has 1 N–H and O–H groups in total. The van der Waals surface area contributed by atoms with Crippen LogP contribution >= 0.6 is 0 Å². The van der Waals surface area contributed by atoms with Gasteiger partial charge in [-0.2, -0.15) is 13.2 Å². The average Bonchev–Trinajstić information content (AvgIpc) is 2.63. The SMILES string of the molecule is O=C1NCCn2c1c(F)c1cc(C(F)(F)F)cnc12. The topological polar surface area (TPSA) is 46.9 Å². The first-order valence-corrected chi connectivity index (χ1v) is 5.42. The lowest BCUT2D eigenvalue weighted by molar-refractivity contribution is -0.137. The molecule has 0 atom stereocenters. The molecule has 1 aliphatic rings. The van der Waals surface area contributed by atoms with E-state index in [1.807, 2.05) is 0 Å². The zero-order valence-corrected chi connectivity index (χ0v) is 9.38. The first-order chi connectivity index (χ1) is 8.89. The molecule has 3 heterocycles. The molecule has 0 unspecified atom stereocenters. The van der Waals surface area contributed by atoms with Crippen LogP contribution in [0.15, 0.2) is 12.3 Å². The minimum absolute atomic E-state index is 0.0513. The van der Waals surface area contributed by atoms with E-state index in [2.05, 4.69) is 10.3 Å². The lowest BCUT2D eigenvalue weighted by Gasteiger charge is -2.15. The molecule has 2 aromatic rings. The first-order valence-electron chi connectivity index (χ1n) is 5.42. The van der Waals surface area contributed by atoms with Crippen molar-refractivity contribution in [2.75, 3.05) is 6.54 Å². The molecular weight excluding hydrogens is 266 g/mol. The van der Waals surface area contributed by atoms with Crippen LogP contribution in [0, 0.1) is 5.82 Å². The van der Waals surface area contributed by atoms with Gasteiger partial charge < -0.3 is 9.88 Å². The van der Waals surface area contributed by atoms with Crippen molar-refractivity contribution >= 4 is 16.9 Å². The third-order valence-electron chi connectivity index (χ3n) is 3.00. The molecule has 0 saturated carbocycles. The van der Waals surface area contributed by atoms with Gasteiger partial charge in [-0.05, 0) is 6.07 Å². The minimum atomic E-state index is -4.60. The number of carbonyl (C=O) groups excluding carboxylic acids is 1. The fraction of sp³-hybridized carbons (Fsp3) is 0.273. The Balaban J connectivity index is 2.31. The lowest BCUT2D eigenvalue weighted by Crippen LogP contribution is -2.35. The van der Waals surface area contributed by atoms with E-state index >= 15 is 0 Å². The van der Waals surface area contributed by atoms with Crippen LogP contribution in [-0.4, -0.2) is 22.0 Å². The number of halogens is 4. The van der Waals surface area contributed by atoms with E-state index < -0.39 is 23.5 Å². The predicted octanol–water partition coefficient (Wildman–Crippen LogP) is 1.94. The second-order valence-electron chi connectivity index (χ2n) is 4.16. The molecule has 0 aromatic carbocycles. The normalized spacial score (nSPS) is 15.5. The molecule has 0 aliphatic carbocycles. The maximum Gasteiger partial charge on any atom is 0.417 e. The van der Waals surface area contributed by atoms with Crippen LogP contribution < -0.4 is 5.32 Å². The molecule has 100 valence electrons. The summed E-state index contributed by atoms with van der Waals surface area (Å²) < 4.78 is 53.0. The predicted molar refractivity (Wildman–Crippen MR) is 57.0 cm³/mol. The van der Waals surface area contributed by atoms with Crippen LogP contribution in [0.4, 0.5) is 17.6 Å². The summed E-state index contributed by atoms with van der Waals surface area (Å²) in [6, 6.07) is 0.677. The molecule has 0 spiro atoms. The zero-order valence-electron chi connectivity index (χ0n) is 9.38. The number of carbonyl (C=O) groups is 1. The van der Waals surface area contributed by atoms with E-state index in [1.54, 1.807) is 0 Å². The standard InChI is InChI=1S/C11H7F4N3O/c12-7-6-3-5(11(13,14)15)4-17-9(6)18-2-1-16-10(19)8(7)18/h3-4H,1-2H2,(H,16,19). The summed E-state index contributed by atoms with van der Waals surface area (Å²) in [6.07, 6.45) is -3.96. The Hall–Kier alpha value is -2.12. The molecular formula is C11H7F4N3O. The molecule has 0 saturated heterocycles. The number of alkyl halides is 3. The van der Waals surface area contributed by atoms with E-state index in [9.17, 15) is 22.4 Å². The average molecular weight is 273 g/mol. The molecule has 8 heteroatoms. The van der Waals surface area contributed by atoms with Crippen molar-refractivity contribution < 1.29 is 22.4 Å². The van der Waals surface area contributed by atoms with E-state index in [0.29, 0.717) is 12.3 Å². The summed E-state index contributed by atoms with van der Waals surface area (Å²) >= 11 is 0. The van der Waals surface area contributed by atoms with Crippen LogP contribution in [-0.2, 0) is 12.7 Å². The van der Waals surface area contributed by atoms with E-state index in [4.69, 9.17) is 0 Å². The fourth-order valence-electron chi connectivity index (χ4n) is 2.15. The number of hydrogen-bond donors (Lipinski definition) is 1. The van der Waals surface area contributed by atoms with Crippen LogP contribution in [0.1, 0.15) is 16.1 Å². The van der Waals surface area contributed by atoms with Crippen LogP contribution in [0.5, 0.6) is 0 Å². The summed E-state index contributed by atoms with van der Waals surface area (Å²) in [7, 11) is 0. The summed E-state index contributed by atoms with van der Waals surface area (Å²) in [5.41, 5.74) is -1.26. The van der Waals surface area contributed by atoms with Gasteiger partial charge in [0.05, 0.1) is 10.9 Å². The van der Waals surface area contributed by atoms with Gasteiger partial charge >= 0.3 is 6.18 Å². The number of aromatic nitrogens is 2. The van der Waals surface area contributed by atoms with Gasteiger partial charge in [0.25, 0.3) is 5.91 Å². The second kappa shape index (κ2) is 3.69. The Morgan fingerprint density at radius 3 is 2.79 bits per heavy atom. The molecule has 0 radical (unpaired) electrons. The van der Waals surface area contributed by atoms with Gasteiger partial charge in [-0.3, -0.25) is 4.79 Å². The smallest absolute Gasteiger partial charge is 0.349 e. The third kappa shape index (κ3) is 1.66. The number of hydrogen-bond acceptors (Lipinski definition) is 2. The summed E-state index contributed by atoms with van der Waals surface area (Å²) in [4.78, 5) is 15.2. The summed E-state index contributed by atoms with van der Waals surface area (Å²) in [5, 5.41) is 2.15. The van der Waals surface area contributed by atoms with E-state index in [0.717, 1.165) is 0 Å². The third-order valence-corrected chi connectivity index (χ3v) is 3.00. The minimum Gasteiger partial charge on any atom is -0.349 e. The Morgan fingerprint density at radius 1 is 1.37 bits per heavy atom. The number of fused-ring (bicyclic) bond motifs is 3. The van der Waals surface area contributed by atoms with Gasteiger partial charge in [-0.1, -0.05) is 0 Å². The van der Waals surface area contributed by atoms with Crippen molar-refractivity contribution in [3.8, 4) is 0 Å². The molecule has 1 aliphatic heterocycles. The Morgan fingerprint density at radius 2 is 2.11 bits per heavy atom. The van der Waals surface area contributed by atoms with Gasteiger partial charge in [0.1, 0.15) is 11.3 Å². The van der Waals surface area contributed by atoms with Gasteiger partial charge in [-0.25, -0.2) is 9.37 Å². The second-order valence-corrected chi connectivity index (χ2v) is 4.16. The fourth-order valence-corrected chi connectivity index (χ4v) is 2.15. The lowest BCUT2D eigenvalue weighted by atomic mass is 10.2. The highest BCUT2D eigenvalue weighted by molar-refractivity contribution is 5.99. The quantitative estimate of drug-likeness (QED) is 0.746. The summed E-state index contributed by atoms with van der Waals surface area (Å²) in [6.45, 7) is 0.567. The Labute approximate surface area is 104 Å². The molecule has 1 amide bonds. The number of nitrogens with zero attached hydrogens (tertiary/aromatic N) is 2. The summed E-state index contributed by atoms with van der Waals surface area (Å²) in [5.74, 6) is -1.61. The molecule has 19 heavy (non-hydrogen) atoms. The molecule has 0 fully saturated rings.